The fourth-order valence-corrected chi connectivity index (χ4v) is 3.10. The van der Waals surface area contributed by atoms with Crippen LogP contribution in [-0.4, -0.2) is 17.8 Å². The Balaban J connectivity index is 1.70. The van der Waals surface area contributed by atoms with Crippen molar-refractivity contribution < 1.29 is 9.84 Å². The van der Waals surface area contributed by atoms with Crippen molar-refractivity contribution in [3.8, 4) is 5.75 Å². The Labute approximate surface area is 116 Å². The van der Waals surface area contributed by atoms with Gasteiger partial charge in [0.05, 0.1) is 12.7 Å². The Kier molecular flexibility index (Phi) is 5.71. The van der Waals surface area contributed by atoms with Crippen LogP contribution in [0.1, 0.15) is 45.4 Å². The summed E-state index contributed by atoms with van der Waals surface area (Å²) in [5.74, 6) is 2.20. The van der Waals surface area contributed by atoms with E-state index in [4.69, 9.17) is 4.74 Å². The Morgan fingerprint density at radius 3 is 2.79 bits per heavy atom. The summed E-state index contributed by atoms with van der Waals surface area (Å²) >= 11 is 0. The highest BCUT2D eigenvalue weighted by Crippen LogP contribution is 2.33. The number of aliphatic hydroxyl groups is 1. The van der Waals surface area contributed by atoms with Crippen LogP contribution >= 0.6 is 0 Å². The molecule has 3 atom stereocenters. The number of para-hydroxylation sites is 1. The average Bonchev–Trinajstić information content (AvgIpc) is 2.48. The quantitative estimate of drug-likeness (QED) is 0.838. The molecule has 1 aromatic rings. The summed E-state index contributed by atoms with van der Waals surface area (Å²) in [4.78, 5) is 0. The SMILES string of the molecule is CCC1CCCC(C(O)CCOc2ccccc2)C1. The van der Waals surface area contributed by atoms with Crippen molar-refractivity contribution in [2.75, 3.05) is 6.61 Å². The lowest BCUT2D eigenvalue weighted by atomic mass is 9.77. The van der Waals surface area contributed by atoms with Crippen molar-refractivity contribution in [3.05, 3.63) is 30.3 Å². The van der Waals surface area contributed by atoms with E-state index < -0.39 is 0 Å². The van der Waals surface area contributed by atoms with Crippen LogP contribution in [0.2, 0.25) is 0 Å². The van der Waals surface area contributed by atoms with Gasteiger partial charge in [0.2, 0.25) is 0 Å². The van der Waals surface area contributed by atoms with Gasteiger partial charge in [-0.3, -0.25) is 0 Å². The predicted molar refractivity (Wildman–Crippen MR) is 78.3 cm³/mol. The molecule has 1 aliphatic rings. The molecule has 0 bridgehead atoms. The molecule has 1 aliphatic carbocycles. The monoisotopic (exact) mass is 262 g/mol. The van der Waals surface area contributed by atoms with Gasteiger partial charge in [-0.15, -0.1) is 0 Å². The van der Waals surface area contributed by atoms with Crippen LogP contribution < -0.4 is 4.74 Å². The Morgan fingerprint density at radius 1 is 1.26 bits per heavy atom. The van der Waals surface area contributed by atoms with Crippen molar-refractivity contribution >= 4 is 0 Å². The number of aliphatic hydroxyl groups excluding tert-OH is 1. The molecule has 19 heavy (non-hydrogen) atoms. The first kappa shape index (κ1) is 14.4. The minimum Gasteiger partial charge on any atom is -0.493 e. The van der Waals surface area contributed by atoms with Crippen molar-refractivity contribution in [3.63, 3.8) is 0 Å². The minimum atomic E-state index is -0.196. The molecule has 0 aromatic heterocycles. The summed E-state index contributed by atoms with van der Waals surface area (Å²) in [6.45, 7) is 2.87. The minimum absolute atomic E-state index is 0.196. The predicted octanol–water partition coefficient (Wildman–Crippen LogP) is 4.03. The molecule has 0 saturated heterocycles. The lowest BCUT2D eigenvalue weighted by Gasteiger charge is -2.31. The molecule has 0 heterocycles. The third-order valence-corrected chi connectivity index (χ3v) is 4.37. The largest absolute Gasteiger partial charge is 0.493 e. The topological polar surface area (TPSA) is 29.5 Å². The van der Waals surface area contributed by atoms with Crippen molar-refractivity contribution in [2.45, 2.75) is 51.6 Å². The molecule has 0 radical (unpaired) electrons. The van der Waals surface area contributed by atoms with Gasteiger partial charge < -0.3 is 9.84 Å². The normalized spacial score (nSPS) is 24.9. The number of hydrogen-bond donors (Lipinski definition) is 1. The summed E-state index contributed by atoms with van der Waals surface area (Å²) in [5, 5.41) is 10.3. The molecular weight excluding hydrogens is 236 g/mol. The van der Waals surface area contributed by atoms with E-state index in [-0.39, 0.29) is 6.10 Å². The number of hydrogen-bond acceptors (Lipinski definition) is 2. The molecule has 1 fully saturated rings. The van der Waals surface area contributed by atoms with Crippen LogP contribution in [0.25, 0.3) is 0 Å². The molecule has 0 amide bonds. The van der Waals surface area contributed by atoms with Crippen LogP contribution in [0, 0.1) is 11.8 Å². The molecule has 0 aliphatic heterocycles. The van der Waals surface area contributed by atoms with Crippen LogP contribution in [-0.2, 0) is 0 Å². The summed E-state index contributed by atoms with van der Waals surface area (Å²) in [6.07, 6.45) is 6.81. The van der Waals surface area contributed by atoms with Gasteiger partial charge in [0, 0.05) is 6.42 Å². The number of benzene rings is 1. The summed E-state index contributed by atoms with van der Waals surface area (Å²) in [7, 11) is 0. The number of rotatable bonds is 6. The van der Waals surface area contributed by atoms with Gasteiger partial charge in [-0.2, -0.15) is 0 Å². The smallest absolute Gasteiger partial charge is 0.119 e. The van der Waals surface area contributed by atoms with Gasteiger partial charge >= 0.3 is 0 Å². The highest BCUT2D eigenvalue weighted by molar-refractivity contribution is 5.20. The van der Waals surface area contributed by atoms with Gasteiger partial charge in [0.15, 0.2) is 0 Å². The molecule has 1 N–H and O–H groups in total. The second-order valence-corrected chi connectivity index (χ2v) is 5.72. The zero-order chi connectivity index (χ0) is 13.5. The molecule has 2 rings (SSSR count). The maximum Gasteiger partial charge on any atom is 0.119 e. The first-order valence-corrected chi connectivity index (χ1v) is 7.65. The molecule has 0 spiro atoms. The van der Waals surface area contributed by atoms with Crippen LogP contribution in [0.3, 0.4) is 0 Å². The Bertz CT molecular complexity index is 350. The van der Waals surface area contributed by atoms with Crippen molar-refractivity contribution in [1.29, 1.82) is 0 Å². The molecule has 1 aromatic carbocycles. The van der Waals surface area contributed by atoms with E-state index in [0.717, 1.165) is 18.1 Å². The Hall–Kier alpha value is -1.02. The van der Waals surface area contributed by atoms with E-state index in [1.165, 1.54) is 32.1 Å². The fourth-order valence-electron chi connectivity index (χ4n) is 3.10. The molecule has 2 heteroatoms. The molecular formula is C17H26O2. The van der Waals surface area contributed by atoms with Crippen LogP contribution in [0.15, 0.2) is 30.3 Å². The fraction of sp³-hybridized carbons (Fsp3) is 0.647. The lowest BCUT2D eigenvalue weighted by Crippen LogP contribution is -2.28. The third kappa shape index (κ3) is 4.54. The molecule has 1 saturated carbocycles. The van der Waals surface area contributed by atoms with Gasteiger partial charge in [-0.05, 0) is 36.8 Å². The first-order valence-electron chi connectivity index (χ1n) is 7.65. The Morgan fingerprint density at radius 2 is 2.05 bits per heavy atom. The second-order valence-electron chi connectivity index (χ2n) is 5.72. The molecule has 106 valence electrons. The maximum absolute atomic E-state index is 10.3. The van der Waals surface area contributed by atoms with Gasteiger partial charge in [-0.1, -0.05) is 44.4 Å². The van der Waals surface area contributed by atoms with Crippen molar-refractivity contribution in [2.24, 2.45) is 11.8 Å². The summed E-state index contributed by atoms with van der Waals surface area (Å²) < 4.78 is 5.66. The lowest BCUT2D eigenvalue weighted by molar-refractivity contribution is 0.0505. The highest BCUT2D eigenvalue weighted by Gasteiger charge is 2.26. The third-order valence-electron chi connectivity index (χ3n) is 4.37. The molecule has 2 nitrogen and oxygen atoms in total. The van der Waals surface area contributed by atoms with E-state index in [0.29, 0.717) is 12.5 Å². The van der Waals surface area contributed by atoms with E-state index in [1.807, 2.05) is 30.3 Å². The zero-order valence-electron chi connectivity index (χ0n) is 11.9. The zero-order valence-corrected chi connectivity index (χ0v) is 11.9. The standard InChI is InChI=1S/C17H26O2/c1-2-14-7-6-8-15(13-14)17(18)11-12-19-16-9-4-3-5-10-16/h3-5,9-10,14-15,17-18H,2,6-8,11-13H2,1H3. The van der Waals surface area contributed by atoms with E-state index in [1.54, 1.807) is 0 Å². The number of ether oxygens (including phenoxy) is 1. The van der Waals surface area contributed by atoms with E-state index >= 15 is 0 Å². The van der Waals surface area contributed by atoms with E-state index in [9.17, 15) is 5.11 Å². The average molecular weight is 262 g/mol. The maximum atomic E-state index is 10.3. The van der Waals surface area contributed by atoms with Gasteiger partial charge in [-0.25, -0.2) is 0 Å². The van der Waals surface area contributed by atoms with Gasteiger partial charge in [0.1, 0.15) is 5.75 Å². The molecule has 3 unspecified atom stereocenters. The van der Waals surface area contributed by atoms with Crippen molar-refractivity contribution in [1.82, 2.24) is 0 Å². The van der Waals surface area contributed by atoms with Crippen LogP contribution in [0.4, 0.5) is 0 Å². The van der Waals surface area contributed by atoms with Gasteiger partial charge in [0.25, 0.3) is 0 Å². The highest BCUT2D eigenvalue weighted by atomic mass is 16.5. The summed E-state index contributed by atoms with van der Waals surface area (Å²) in [5.41, 5.74) is 0. The van der Waals surface area contributed by atoms with E-state index in [2.05, 4.69) is 6.92 Å². The van der Waals surface area contributed by atoms with Crippen LogP contribution in [0.5, 0.6) is 5.75 Å². The second kappa shape index (κ2) is 7.54. The first-order chi connectivity index (χ1) is 9.29. The summed E-state index contributed by atoms with van der Waals surface area (Å²) in [6, 6.07) is 9.84.